The zero-order chi connectivity index (χ0) is 15.7. The molecular weight excluding hydrogens is 289 g/mol. The molecule has 0 aromatic heterocycles. The average Bonchev–Trinajstić information content (AvgIpc) is 2.35. The van der Waals surface area contributed by atoms with E-state index in [2.05, 4.69) is 4.74 Å². The van der Waals surface area contributed by atoms with E-state index < -0.39 is 23.5 Å². The number of nitrogens with zero attached hydrogens (tertiary/aromatic N) is 1. The second kappa shape index (κ2) is 11.4. The van der Waals surface area contributed by atoms with Crippen molar-refractivity contribution in [2.75, 3.05) is 27.3 Å². The van der Waals surface area contributed by atoms with Crippen LogP contribution in [0, 0.1) is 0 Å². The molecule has 0 saturated heterocycles. The summed E-state index contributed by atoms with van der Waals surface area (Å²) in [5.41, 5.74) is -0.338. The van der Waals surface area contributed by atoms with Gasteiger partial charge in [-0.3, -0.25) is 4.79 Å². The maximum absolute atomic E-state index is 11.8. The second-order valence-electron chi connectivity index (χ2n) is 3.82. The molecule has 0 atom stereocenters. The molecule has 7 nitrogen and oxygen atoms in total. The van der Waals surface area contributed by atoms with Gasteiger partial charge >= 0.3 is 41.5 Å². The summed E-state index contributed by atoms with van der Waals surface area (Å²) in [4.78, 5) is 36.0. The number of hydrogen-bond donors (Lipinski definition) is 0. The van der Waals surface area contributed by atoms with Crippen LogP contribution in [0.3, 0.4) is 0 Å². The van der Waals surface area contributed by atoms with Gasteiger partial charge in [-0.15, -0.1) is 0 Å². The quantitative estimate of drug-likeness (QED) is 0.120. The molecule has 0 bridgehead atoms. The van der Waals surface area contributed by atoms with Gasteiger partial charge in [0.1, 0.15) is 5.57 Å². The molecule has 0 aromatic carbocycles. The number of ether oxygens (including phenoxy) is 2. The van der Waals surface area contributed by atoms with Crippen LogP contribution in [0.1, 0.15) is 13.8 Å². The fourth-order valence-corrected chi connectivity index (χ4v) is 1.14. The molecule has 0 aliphatic carbocycles. The summed E-state index contributed by atoms with van der Waals surface area (Å²) < 4.78 is 9.17. The van der Waals surface area contributed by atoms with Gasteiger partial charge in [-0.2, -0.15) is 0 Å². The van der Waals surface area contributed by atoms with Gasteiger partial charge in [0, 0.05) is 20.3 Å². The zero-order valence-electron chi connectivity index (χ0n) is 13.0. The molecular formula is C13H18NNaO6. The van der Waals surface area contributed by atoms with Crippen molar-refractivity contribution in [1.29, 1.82) is 0 Å². The van der Waals surface area contributed by atoms with E-state index in [1.807, 2.05) is 0 Å². The van der Waals surface area contributed by atoms with Gasteiger partial charge in [0.15, 0.2) is 5.78 Å². The van der Waals surface area contributed by atoms with E-state index in [0.29, 0.717) is 6.08 Å². The number of ketones is 1. The van der Waals surface area contributed by atoms with Crippen LogP contribution in [0.4, 0.5) is 0 Å². The third kappa shape index (κ3) is 8.54. The monoisotopic (exact) mass is 307 g/mol. The Balaban J connectivity index is 0. The van der Waals surface area contributed by atoms with Crippen LogP contribution >= 0.6 is 0 Å². The topological polar surface area (TPSA) is 96.0 Å². The largest absolute Gasteiger partial charge is 1.00 e. The van der Waals surface area contributed by atoms with Crippen molar-refractivity contribution in [2.24, 2.45) is 0 Å². The number of hydrogen-bond acceptors (Lipinski definition) is 7. The van der Waals surface area contributed by atoms with Gasteiger partial charge in [0.05, 0.1) is 13.2 Å². The number of rotatable bonds is 7. The molecule has 0 amide bonds. The fraction of sp³-hybridized carbons (Fsp3) is 0.462. The Labute approximate surface area is 145 Å². The summed E-state index contributed by atoms with van der Waals surface area (Å²) in [6.45, 7) is 3.22. The average molecular weight is 307 g/mol. The SMILES string of the molecule is CCOC(=O)/C([O-])=C/C(=O)/C(=C\N(C)C)C(=O)OCC.[Na+]. The smallest absolute Gasteiger partial charge is 0.867 e. The van der Waals surface area contributed by atoms with E-state index in [-0.39, 0.29) is 48.3 Å². The van der Waals surface area contributed by atoms with Gasteiger partial charge < -0.3 is 19.5 Å². The Bertz CT molecular complexity index is 442. The molecule has 0 N–H and O–H groups in total. The molecule has 21 heavy (non-hydrogen) atoms. The van der Waals surface area contributed by atoms with E-state index in [1.54, 1.807) is 21.0 Å². The van der Waals surface area contributed by atoms with Crippen LogP contribution in [0.5, 0.6) is 0 Å². The molecule has 0 radical (unpaired) electrons. The van der Waals surface area contributed by atoms with Crippen molar-refractivity contribution in [2.45, 2.75) is 13.8 Å². The first-order valence-electron chi connectivity index (χ1n) is 5.98. The molecule has 0 fully saturated rings. The molecule has 112 valence electrons. The van der Waals surface area contributed by atoms with Crippen molar-refractivity contribution >= 4 is 17.7 Å². The summed E-state index contributed by atoms with van der Waals surface area (Å²) >= 11 is 0. The summed E-state index contributed by atoms with van der Waals surface area (Å²) in [6, 6.07) is 0. The van der Waals surface area contributed by atoms with Crippen LogP contribution in [-0.4, -0.2) is 49.9 Å². The van der Waals surface area contributed by atoms with Crippen molar-refractivity contribution < 1.29 is 58.5 Å². The van der Waals surface area contributed by atoms with E-state index in [9.17, 15) is 19.5 Å². The Kier molecular flexibility index (Phi) is 11.9. The molecule has 0 aliphatic heterocycles. The van der Waals surface area contributed by atoms with Gasteiger partial charge in [-0.05, 0) is 25.7 Å². The van der Waals surface area contributed by atoms with Crippen molar-refractivity contribution in [3.8, 4) is 0 Å². The first-order chi connectivity index (χ1) is 9.33. The minimum absolute atomic E-state index is 0. The molecule has 0 spiro atoms. The van der Waals surface area contributed by atoms with Crippen molar-refractivity contribution in [1.82, 2.24) is 4.90 Å². The Morgan fingerprint density at radius 2 is 1.52 bits per heavy atom. The van der Waals surface area contributed by atoms with Crippen LogP contribution in [-0.2, 0) is 23.9 Å². The van der Waals surface area contributed by atoms with Crippen molar-refractivity contribution in [3.05, 3.63) is 23.6 Å². The van der Waals surface area contributed by atoms with Crippen molar-refractivity contribution in [3.63, 3.8) is 0 Å². The predicted molar refractivity (Wildman–Crippen MR) is 68.1 cm³/mol. The summed E-state index contributed by atoms with van der Waals surface area (Å²) in [5.74, 6) is -4.03. The van der Waals surface area contributed by atoms with Gasteiger partial charge in [0.25, 0.3) is 0 Å². The summed E-state index contributed by atoms with van der Waals surface area (Å²) in [6.07, 6.45) is 1.74. The normalized spacial score (nSPS) is 11.2. The first-order valence-corrected chi connectivity index (χ1v) is 5.98. The number of carbonyl (C=O) groups is 3. The van der Waals surface area contributed by atoms with Crippen LogP contribution in [0.15, 0.2) is 23.6 Å². The minimum Gasteiger partial charge on any atom is -0.867 e. The Morgan fingerprint density at radius 3 is 1.95 bits per heavy atom. The van der Waals surface area contributed by atoms with Crippen LogP contribution in [0.25, 0.3) is 0 Å². The summed E-state index contributed by atoms with van der Waals surface area (Å²) in [5, 5.41) is 11.4. The van der Waals surface area contributed by atoms with E-state index in [4.69, 9.17) is 4.74 Å². The maximum atomic E-state index is 11.8. The van der Waals surface area contributed by atoms with Gasteiger partial charge in [-0.25, -0.2) is 9.59 Å². The Hall–Kier alpha value is -1.31. The molecule has 8 heteroatoms. The molecule has 0 aliphatic rings. The van der Waals surface area contributed by atoms with E-state index in [1.165, 1.54) is 18.0 Å². The van der Waals surface area contributed by atoms with E-state index in [0.717, 1.165) is 0 Å². The zero-order valence-corrected chi connectivity index (χ0v) is 15.0. The molecule has 0 rings (SSSR count). The molecule has 0 saturated carbocycles. The molecule has 0 aromatic rings. The second-order valence-corrected chi connectivity index (χ2v) is 3.82. The minimum atomic E-state index is -1.14. The third-order valence-electron chi connectivity index (χ3n) is 1.89. The van der Waals surface area contributed by atoms with Gasteiger partial charge in [0.2, 0.25) is 0 Å². The Morgan fingerprint density at radius 1 is 1.05 bits per heavy atom. The predicted octanol–water partition coefficient (Wildman–Crippen LogP) is -3.62. The third-order valence-corrected chi connectivity index (χ3v) is 1.89. The van der Waals surface area contributed by atoms with E-state index >= 15 is 0 Å². The fourth-order valence-electron chi connectivity index (χ4n) is 1.14. The number of carbonyl (C=O) groups excluding carboxylic acids is 3. The van der Waals surface area contributed by atoms with Crippen LogP contribution < -0.4 is 34.7 Å². The van der Waals surface area contributed by atoms with Crippen LogP contribution in [0.2, 0.25) is 0 Å². The maximum Gasteiger partial charge on any atom is 1.00 e. The van der Waals surface area contributed by atoms with Gasteiger partial charge in [-0.1, -0.05) is 0 Å². The number of allylic oxidation sites excluding steroid dienone is 1. The standard InChI is InChI=1S/C13H19NO6.Na/c1-5-19-12(17)9(8-14(3)4)10(15)7-11(16)13(18)20-6-2;/h7-8,16H,5-6H2,1-4H3;/q;+1/p-1/b9-8+,11-7-;. The first kappa shape index (κ1) is 22.0. The summed E-state index contributed by atoms with van der Waals surface area (Å²) in [7, 11) is 3.19. The molecule has 0 heterocycles. The molecule has 0 unspecified atom stereocenters. The number of esters is 2.